The second kappa shape index (κ2) is 9.48. The average molecular weight is 470 g/mol. The van der Waals surface area contributed by atoms with E-state index >= 15 is 0 Å². The van der Waals surface area contributed by atoms with E-state index in [1.165, 1.54) is 19.2 Å². The van der Waals surface area contributed by atoms with Crippen molar-refractivity contribution in [2.45, 2.75) is 20.0 Å². The van der Waals surface area contributed by atoms with Crippen molar-refractivity contribution in [1.82, 2.24) is 0 Å². The molecule has 0 heterocycles. The number of hydrogen-bond donors (Lipinski definition) is 1. The van der Waals surface area contributed by atoms with Crippen LogP contribution in [0.15, 0.2) is 41.4 Å². The topological polar surface area (TPSA) is 94.2 Å². The zero-order valence-corrected chi connectivity index (χ0v) is 16.6. The van der Waals surface area contributed by atoms with Gasteiger partial charge in [0.25, 0.3) is 5.69 Å². The van der Waals surface area contributed by atoms with E-state index in [0.29, 0.717) is 18.8 Å². The molecule has 26 heavy (non-hydrogen) atoms. The largest absolute Gasteiger partial charge is 0.504 e. The van der Waals surface area contributed by atoms with Crippen LogP contribution in [0.3, 0.4) is 0 Å². The first kappa shape index (κ1) is 20.1. The van der Waals surface area contributed by atoms with Crippen LogP contribution in [-0.2, 0) is 11.3 Å². The third-order valence-corrected chi connectivity index (χ3v) is 4.57. The SMILES string of the molecule is CCC(=NCOCc1ccc([N+](=O)[O-])cc1)c1cc(O)c(OC)cc1I. The number of non-ortho nitro benzene ring substituents is 1. The number of halogens is 1. The van der Waals surface area contributed by atoms with E-state index in [1.807, 2.05) is 6.92 Å². The van der Waals surface area contributed by atoms with Gasteiger partial charge in [-0.05, 0) is 58.8 Å². The van der Waals surface area contributed by atoms with E-state index in [0.717, 1.165) is 20.4 Å². The predicted octanol–water partition coefficient (Wildman–Crippen LogP) is 4.29. The third-order valence-electron chi connectivity index (χ3n) is 3.68. The van der Waals surface area contributed by atoms with Crippen molar-refractivity contribution >= 4 is 34.0 Å². The lowest BCUT2D eigenvalue weighted by molar-refractivity contribution is -0.384. The number of methoxy groups -OCH3 is 1. The fraction of sp³-hybridized carbons (Fsp3) is 0.278. The highest BCUT2D eigenvalue weighted by Crippen LogP contribution is 2.31. The van der Waals surface area contributed by atoms with E-state index in [-0.39, 0.29) is 18.2 Å². The summed E-state index contributed by atoms with van der Waals surface area (Å²) in [6.07, 6.45) is 0.683. The van der Waals surface area contributed by atoms with E-state index in [4.69, 9.17) is 9.47 Å². The Bertz CT molecular complexity index is 806. The van der Waals surface area contributed by atoms with Gasteiger partial charge in [-0.2, -0.15) is 0 Å². The Morgan fingerprint density at radius 2 is 2.00 bits per heavy atom. The maximum Gasteiger partial charge on any atom is 0.269 e. The molecule has 138 valence electrons. The van der Waals surface area contributed by atoms with Gasteiger partial charge in [-0.15, -0.1) is 0 Å². The molecule has 2 rings (SSSR count). The molecule has 8 heteroatoms. The van der Waals surface area contributed by atoms with Crippen molar-refractivity contribution in [1.29, 1.82) is 0 Å². The van der Waals surface area contributed by atoms with Gasteiger partial charge in [-0.1, -0.05) is 6.92 Å². The number of ether oxygens (including phenoxy) is 2. The second-order valence-corrected chi connectivity index (χ2v) is 6.53. The molecule has 2 aromatic rings. The number of rotatable bonds is 8. The maximum atomic E-state index is 10.6. The highest BCUT2D eigenvalue weighted by atomic mass is 127. The molecule has 0 spiro atoms. The third kappa shape index (κ3) is 5.15. The number of nitro benzene ring substituents is 1. The molecule has 0 aromatic heterocycles. The standard InChI is InChI=1S/C18H19IN2O5/c1-3-16(14-8-17(22)18(25-2)9-15(14)19)20-11-26-10-12-4-6-13(7-5-12)21(23)24/h4-9,22H,3,10-11H2,1-2H3. The number of benzene rings is 2. The molecule has 2 aromatic carbocycles. The molecule has 0 bridgehead atoms. The number of phenols is 1. The van der Waals surface area contributed by atoms with E-state index in [1.54, 1.807) is 24.3 Å². The molecule has 0 aliphatic rings. The van der Waals surface area contributed by atoms with Gasteiger partial charge in [0.1, 0.15) is 6.73 Å². The number of nitrogens with zero attached hydrogens (tertiary/aromatic N) is 2. The minimum absolute atomic E-state index is 0.0499. The normalized spacial score (nSPS) is 11.4. The Kier molecular flexibility index (Phi) is 7.34. The van der Waals surface area contributed by atoms with Crippen LogP contribution in [0.4, 0.5) is 5.69 Å². The molecule has 0 radical (unpaired) electrons. The van der Waals surface area contributed by atoms with Crippen LogP contribution in [0, 0.1) is 13.7 Å². The van der Waals surface area contributed by atoms with Crippen molar-refractivity contribution in [3.8, 4) is 11.5 Å². The molecule has 0 aliphatic carbocycles. The summed E-state index contributed by atoms with van der Waals surface area (Å²) in [4.78, 5) is 14.7. The molecule has 7 nitrogen and oxygen atoms in total. The smallest absolute Gasteiger partial charge is 0.269 e. The van der Waals surface area contributed by atoms with Crippen LogP contribution in [0.1, 0.15) is 24.5 Å². The highest BCUT2D eigenvalue weighted by Gasteiger charge is 2.12. The van der Waals surface area contributed by atoms with Gasteiger partial charge in [-0.25, -0.2) is 0 Å². The first-order valence-electron chi connectivity index (χ1n) is 7.87. The number of aliphatic imine (C=N–C) groups is 1. The van der Waals surface area contributed by atoms with Crippen LogP contribution < -0.4 is 4.74 Å². The van der Waals surface area contributed by atoms with Crippen molar-refractivity contribution in [3.63, 3.8) is 0 Å². The minimum Gasteiger partial charge on any atom is -0.504 e. The van der Waals surface area contributed by atoms with Gasteiger partial charge in [0.05, 0.1) is 18.6 Å². The quantitative estimate of drug-likeness (QED) is 0.204. The Labute approximate surface area is 165 Å². The summed E-state index contributed by atoms with van der Waals surface area (Å²) >= 11 is 2.18. The molecule has 0 amide bonds. The van der Waals surface area contributed by atoms with Crippen molar-refractivity contribution in [2.75, 3.05) is 13.8 Å². The molecule has 1 N–H and O–H groups in total. The van der Waals surface area contributed by atoms with Crippen molar-refractivity contribution in [2.24, 2.45) is 4.99 Å². The monoisotopic (exact) mass is 470 g/mol. The summed E-state index contributed by atoms with van der Waals surface area (Å²) in [5.41, 5.74) is 2.54. The van der Waals surface area contributed by atoms with Crippen LogP contribution in [-0.4, -0.2) is 29.6 Å². The first-order chi connectivity index (χ1) is 12.5. The van der Waals surface area contributed by atoms with Crippen LogP contribution in [0.5, 0.6) is 11.5 Å². The Morgan fingerprint density at radius 3 is 2.58 bits per heavy atom. The van der Waals surface area contributed by atoms with Gasteiger partial charge in [0, 0.05) is 27.0 Å². The number of nitro groups is 1. The minimum atomic E-state index is -0.436. The predicted molar refractivity (Wildman–Crippen MR) is 107 cm³/mol. The van der Waals surface area contributed by atoms with Gasteiger partial charge in [0.2, 0.25) is 0 Å². The molecular weight excluding hydrogens is 451 g/mol. The Balaban J connectivity index is 2.01. The van der Waals surface area contributed by atoms with Crippen LogP contribution >= 0.6 is 22.6 Å². The molecule has 0 atom stereocenters. The molecule has 0 unspecified atom stereocenters. The van der Waals surface area contributed by atoms with Gasteiger partial charge < -0.3 is 14.6 Å². The average Bonchev–Trinajstić information content (AvgIpc) is 2.64. The number of phenolic OH excluding ortho intramolecular Hbond substituents is 1. The van der Waals surface area contributed by atoms with Crippen molar-refractivity contribution in [3.05, 3.63) is 61.2 Å². The highest BCUT2D eigenvalue weighted by molar-refractivity contribution is 14.1. The number of hydrogen-bond acceptors (Lipinski definition) is 6. The Morgan fingerprint density at radius 1 is 1.31 bits per heavy atom. The summed E-state index contributed by atoms with van der Waals surface area (Å²) in [7, 11) is 1.51. The Hall–Kier alpha value is -2.20. The van der Waals surface area contributed by atoms with Crippen LogP contribution in [0.25, 0.3) is 0 Å². The summed E-state index contributed by atoms with van der Waals surface area (Å²) in [6.45, 7) is 2.44. The number of aromatic hydroxyl groups is 1. The summed E-state index contributed by atoms with van der Waals surface area (Å²) in [5.74, 6) is 0.485. The molecular formula is C18H19IN2O5. The van der Waals surface area contributed by atoms with Crippen LogP contribution in [0.2, 0.25) is 0 Å². The summed E-state index contributed by atoms with van der Waals surface area (Å²) in [5, 5.41) is 20.6. The molecule has 0 saturated carbocycles. The maximum absolute atomic E-state index is 10.6. The zero-order chi connectivity index (χ0) is 19.1. The fourth-order valence-electron chi connectivity index (χ4n) is 2.32. The zero-order valence-electron chi connectivity index (χ0n) is 14.4. The summed E-state index contributed by atoms with van der Waals surface area (Å²) < 4.78 is 11.6. The summed E-state index contributed by atoms with van der Waals surface area (Å²) in [6, 6.07) is 9.61. The van der Waals surface area contributed by atoms with Gasteiger partial charge >= 0.3 is 0 Å². The lowest BCUT2D eigenvalue weighted by Crippen LogP contribution is -2.05. The lowest BCUT2D eigenvalue weighted by Gasteiger charge is -2.11. The van der Waals surface area contributed by atoms with Crippen molar-refractivity contribution < 1.29 is 19.5 Å². The first-order valence-corrected chi connectivity index (χ1v) is 8.95. The van der Waals surface area contributed by atoms with E-state index in [9.17, 15) is 15.2 Å². The molecule has 0 saturated heterocycles. The van der Waals surface area contributed by atoms with Gasteiger partial charge in [-0.3, -0.25) is 15.1 Å². The van der Waals surface area contributed by atoms with Gasteiger partial charge in [0.15, 0.2) is 11.5 Å². The molecule has 0 aliphatic heterocycles. The fourth-order valence-corrected chi connectivity index (χ4v) is 3.07. The van der Waals surface area contributed by atoms with E-state index < -0.39 is 4.92 Å². The van der Waals surface area contributed by atoms with E-state index in [2.05, 4.69) is 27.6 Å². The molecule has 0 fully saturated rings. The lowest BCUT2D eigenvalue weighted by atomic mass is 10.1. The second-order valence-electron chi connectivity index (χ2n) is 5.36.